The maximum Gasteiger partial charge on any atom is 0.315 e. The lowest BCUT2D eigenvalue weighted by Gasteiger charge is -2.53. The van der Waals surface area contributed by atoms with E-state index in [0.29, 0.717) is 6.10 Å². The predicted octanol–water partition coefficient (Wildman–Crippen LogP) is 2.70. The van der Waals surface area contributed by atoms with Crippen molar-refractivity contribution in [2.75, 3.05) is 13.2 Å². The maximum absolute atomic E-state index is 12.2. The van der Waals surface area contributed by atoms with Crippen LogP contribution in [0.5, 0.6) is 0 Å². The molecule has 2 aliphatic rings. The fraction of sp³-hybridized carbons (Fsp3) is 0.778. The summed E-state index contributed by atoms with van der Waals surface area (Å²) in [6.45, 7) is 4.49. The Morgan fingerprint density at radius 2 is 2.21 bits per heavy atom. The highest BCUT2D eigenvalue weighted by Crippen LogP contribution is 2.54. The van der Waals surface area contributed by atoms with Crippen molar-refractivity contribution in [1.29, 1.82) is 0 Å². The standard InChI is InChI=1S/C18H30N4O2/c1-2-24-16-13-15(18(16)7-3-4-8-18)21-17(23)20-9-5-6-11-22-12-10-19-14-22/h10,12,14-16H,2-9,11,13H2,1H3,(H2,20,21,23). The van der Waals surface area contributed by atoms with E-state index >= 15 is 0 Å². The molecule has 134 valence electrons. The smallest absolute Gasteiger partial charge is 0.315 e. The number of urea groups is 1. The number of nitrogens with one attached hydrogen (secondary N) is 2. The zero-order valence-electron chi connectivity index (χ0n) is 14.7. The first kappa shape index (κ1) is 17.3. The number of carbonyl (C=O) groups excluding carboxylic acids is 1. The summed E-state index contributed by atoms with van der Waals surface area (Å²) < 4.78 is 7.96. The highest BCUT2D eigenvalue weighted by molar-refractivity contribution is 5.74. The molecule has 0 bridgehead atoms. The molecule has 2 fully saturated rings. The Labute approximate surface area is 144 Å². The third-order valence-electron chi connectivity index (χ3n) is 5.68. The van der Waals surface area contributed by atoms with Crippen LogP contribution in [0.3, 0.4) is 0 Å². The van der Waals surface area contributed by atoms with Crippen molar-refractivity contribution in [3.8, 4) is 0 Å². The molecule has 0 aromatic carbocycles. The normalized spacial score (nSPS) is 24.7. The molecule has 0 aliphatic heterocycles. The number of carbonyl (C=O) groups is 1. The second kappa shape index (κ2) is 8.01. The van der Waals surface area contributed by atoms with Crippen molar-refractivity contribution in [2.24, 2.45) is 5.41 Å². The van der Waals surface area contributed by atoms with Crippen LogP contribution < -0.4 is 10.6 Å². The van der Waals surface area contributed by atoms with Crippen LogP contribution in [0.1, 0.15) is 51.9 Å². The number of nitrogens with zero attached hydrogens (tertiary/aromatic N) is 2. The molecule has 0 saturated heterocycles. The first-order chi connectivity index (χ1) is 11.7. The van der Waals surface area contributed by atoms with Gasteiger partial charge in [-0.15, -0.1) is 0 Å². The number of hydrogen-bond donors (Lipinski definition) is 2. The van der Waals surface area contributed by atoms with E-state index in [-0.39, 0.29) is 17.5 Å². The minimum absolute atomic E-state index is 0.0242. The lowest BCUT2D eigenvalue weighted by Crippen LogP contribution is -2.64. The van der Waals surface area contributed by atoms with Crippen molar-refractivity contribution in [1.82, 2.24) is 20.2 Å². The second-order valence-electron chi connectivity index (χ2n) is 7.08. The van der Waals surface area contributed by atoms with Gasteiger partial charge in [0.25, 0.3) is 0 Å². The number of imidazole rings is 1. The molecule has 2 N–H and O–H groups in total. The van der Waals surface area contributed by atoms with E-state index in [2.05, 4.69) is 27.1 Å². The number of ether oxygens (including phenoxy) is 1. The minimum Gasteiger partial charge on any atom is -0.378 e. The van der Waals surface area contributed by atoms with Crippen LogP contribution in [0.25, 0.3) is 0 Å². The molecule has 6 nitrogen and oxygen atoms in total. The molecule has 2 unspecified atom stereocenters. The lowest BCUT2D eigenvalue weighted by molar-refractivity contribution is -0.126. The van der Waals surface area contributed by atoms with E-state index in [1.807, 2.05) is 12.5 Å². The molecule has 2 aliphatic carbocycles. The fourth-order valence-electron chi connectivity index (χ4n) is 4.34. The summed E-state index contributed by atoms with van der Waals surface area (Å²) >= 11 is 0. The molecule has 2 saturated carbocycles. The molecule has 1 heterocycles. The summed E-state index contributed by atoms with van der Waals surface area (Å²) in [5.41, 5.74) is 0.203. The third kappa shape index (κ3) is 3.74. The Balaban J connectivity index is 1.34. The van der Waals surface area contributed by atoms with Gasteiger partial charge in [-0.2, -0.15) is 0 Å². The van der Waals surface area contributed by atoms with E-state index in [9.17, 15) is 4.79 Å². The number of rotatable bonds is 8. The monoisotopic (exact) mass is 334 g/mol. The van der Waals surface area contributed by atoms with Crippen LogP contribution in [0.2, 0.25) is 0 Å². The second-order valence-corrected chi connectivity index (χ2v) is 7.08. The van der Waals surface area contributed by atoms with Crippen molar-refractivity contribution in [2.45, 2.75) is 70.6 Å². The molecular weight excluding hydrogens is 304 g/mol. The molecule has 1 aromatic rings. The van der Waals surface area contributed by atoms with Gasteiger partial charge < -0.3 is 19.9 Å². The van der Waals surface area contributed by atoms with Gasteiger partial charge in [0.1, 0.15) is 0 Å². The van der Waals surface area contributed by atoms with Gasteiger partial charge in [0.15, 0.2) is 0 Å². The first-order valence-electron chi connectivity index (χ1n) is 9.36. The Kier molecular flexibility index (Phi) is 5.76. The fourth-order valence-corrected chi connectivity index (χ4v) is 4.34. The number of aromatic nitrogens is 2. The predicted molar refractivity (Wildman–Crippen MR) is 92.7 cm³/mol. The molecule has 1 spiro atoms. The molecule has 0 radical (unpaired) electrons. The molecule has 2 amide bonds. The zero-order chi connectivity index (χ0) is 16.8. The van der Waals surface area contributed by atoms with Crippen molar-refractivity contribution < 1.29 is 9.53 Å². The maximum atomic E-state index is 12.2. The van der Waals surface area contributed by atoms with Gasteiger partial charge in [-0.3, -0.25) is 0 Å². The van der Waals surface area contributed by atoms with Crippen molar-refractivity contribution in [3.05, 3.63) is 18.7 Å². The van der Waals surface area contributed by atoms with Gasteiger partial charge in [-0.1, -0.05) is 12.8 Å². The first-order valence-corrected chi connectivity index (χ1v) is 9.36. The average molecular weight is 334 g/mol. The van der Waals surface area contributed by atoms with E-state index in [1.165, 1.54) is 25.7 Å². The van der Waals surface area contributed by atoms with Crippen LogP contribution in [0.4, 0.5) is 4.79 Å². The van der Waals surface area contributed by atoms with E-state index in [0.717, 1.165) is 39.0 Å². The number of aryl methyl sites for hydroxylation is 1. The van der Waals surface area contributed by atoms with Crippen LogP contribution >= 0.6 is 0 Å². The third-order valence-corrected chi connectivity index (χ3v) is 5.68. The zero-order valence-corrected chi connectivity index (χ0v) is 14.7. The molecule has 1 aromatic heterocycles. The van der Waals surface area contributed by atoms with E-state index < -0.39 is 0 Å². The Morgan fingerprint density at radius 3 is 2.92 bits per heavy atom. The van der Waals surface area contributed by atoms with Crippen molar-refractivity contribution in [3.63, 3.8) is 0 Å². The molecule has 24 heavy (non-hydrogen) atoms. The van der Waals surface area contributed by atoms with Gasteiger partial charge >= 0.3 is 6.03 Å². The SMILES string of the molecule is CCOC1CC(NC(=O)NCCCCn2ccnc2)C12CCCC2. The van der Waals surface area contributed by atoms with Gasteiger partial charge in [0.2, 0.25) is 0 Å². The lowest BCUT2D eigenvalue weighted by atomic mass is 9.60. The van der Waals surface area contributed by atoms with Crippen LogP contribution in [0, 0.1) is 5.41 Å². The van der Waals surface area contributed by atoms with Gasteiger partial charge in [0.05, 0.1) is 12.4 Å². The topological polar surface area (TPSA) is 68.2 Å². The Bertz CT molecular complexity index is 511. The summed E-state index contributed by atoms with van der Waals surface area (Å²) in [7, 11) is 0. The summed E-state index contributed by atoms with van der Waals surface area (Å²) in [5, 5.41) is 6.20. The largest absolute Gasteiger partial charge is 0.378 e. The van der Waals surface area contributed by atoms with Crippen LogP contribution in [-0.2, 0) is 11.3 Å². The van der Waals surface area contributed by atoms with E-state index in [1.54, 1.807) is 6.20 Å². The summed E-state index contributed by atoms with van der Waals surface area (Å²) in [6, 6.07) is 0.256. The number of unbranched alkanes of at least 4 members (excludes halogenated alkanes) is 1. The summed E-state index contributed by atoms with van der Waals surface area (Å²) in [4.78, 5) is 16.2. The van der Waals surface area contributed by atoms with Crippen molar-refractivity contribution >= 4 is 6.03 Å². The van der Waals surface area contributed by atoms with Gasteiger partial charge in [-0.05, 0) is 39.0 Å². The molecule has 6 heteroatoms. The van der Waals surface area contributed by atoms with Crippen LogP contribution in [0.15, 0.2) is 18.7 Å². The van der Waals surface area contributed by atoms with Gasteiger partial charge in [-0.25, -0.2) is 9.78 Å². The Morgan fingerprint density at radius 1 is 1.38 bits per heavy atom. The number of hydrogen-bond acceptors (Lipinski definition) is 3. The molecular formula is C18H30N4O2. The summed E-state index contributed by atoms with van der Waals surface area (Å²) in [6.07, 6.45) is 13.8. The molecule has 2 atom stereocenters. The Hall–Kier alpha value is -1.56. The summed E-state index contributed by atoms with van der Waals surface area (Å²) in [5.74, 6) is 0. The molecule has 3 rings (SSSR count). The van der Waals surface area contributed by atoms with Crippen LogP contribution in [-0.4, -0.2) is 40.9 Å². The average Bonchev–Trinajstić information content (AvgIpc) is 3.26. The highest BCUT2D eigenvalue weighted by Gasteiger charge is 2.57. The highest BCUT2D eigenvalue weighted by atomic mass is 16.5. The number of amides is 2. The van der Waals surface area contributed by atoms with Gasteiger partial charge in [0, 0.05) is 43.5 Å². The minimum atomic E-state index is -0.0242. The van der Waals surface area contributed by atoms with E-state index in [4.69, 9.17) is 4.74 Å². The quantitative estimate of drug-likeness (QED) is 0.718.